The molecule has 1 unspecified atom stereocenters. The summed E-state index contributed by atoms with van der Waals surface area (Å²) in [6.07, 6.45) is 2.62. The zero-order valence-electron chi connectivity index (χ0n) is 15.1. The molecule has 3 aromatic rings. The predicted octanol–water partition coefficient (Wildman–Crippen LogP) is 3.48. The monoisotopic (exact) mass is 361 g/mol. The minimum absolute atomic E-state index is 0.287. The minimum atomic E-state index is -0.394. The first-order valence-electron chi connectivity index (χ1n) is 8.68. The Labute approximate surface area is 157 Å². The number of benzene rings is 2. The zero-order valence-corrected chi connectivity index (χ0v) is 15.1. The van der Waals surface area contributed by atoms with E-state index in [9.17, 15) is 4.79 Å². The summed E-state index contributed by atoms with van der Waals surface area (Å²) in [5, 5.41) is 11.3. The van der Waals surface area contributed by atoms with Crippen LogP contribution in [0.5, 0.6) is 0 Å². The van der Waals surface area contributed by atoms with Crippen LogP contribution in [0.1, 0.15) is 22.8 Å². The van der Waals surface area contributed by atoms with Gasteiger partial charge in [-0.1, -0.05) is 24.3 Å². The maximum absolute atomic E-state index is 11.7. The van der Waals surface area contributed by atoms with Crippen LogP contribution >= 0.6 is 0 Å². The lowest BCUT2D eigenvalue weighted by Gasteiger charge is -2.23. The number of para-hydroxylation sites is 1. The average Bonchev–Trinajstić information content (AvgIpc) is 3.03. The van der Waals surface area contributed by atoms with Gasteiger partial charge in [-0.05, 0) is 43.2 Å². The van der Waals surface area contributed by atoms with Gasteiger partial charge in [-0.25, -0.2) is 4.79 Å². The van der Waals surface area contributed by atoms with Crippen molar-refractivity contribution in [3.63, 3.8) is 0 Å². The Balaban J connectivity index is 1.62. The molecule has 0 saturated carbocycles. The molecule has 1 aliphatic rings. The van der Waals surface area contributed by atoms with Crippen molar-refractivity contribution in [2.45, 2.75) is 19.4 Å². The molecule has 7 heteroatoms. The highest BCUT2D eigenvalue weighted by Crippen LogP contribution is 2.37. The van der Waals surface area contributed by atoms with Crippen LogP contribution in [0, 0.1) is 0 Å². The first kappa shape index (κ1) is 17.0. The number of aromatic nitrogens is 3. The summed E-state index contributed by atoms with van der Waals surface area (Å²) in [5.74, 6) is 0.703. The van der Waals surface area contributed by atoms with Gasteiger partial charge in [-0.2, -0.15) is 10.1 Å². The van der Waals surface area contributed by atoms with Crippen LogP contribution in [0.25, 0.3) is 0 Å². The molecule has 0 radical (unpaired) electrons. The average molecular weight is 361 g/mol. The highest BCUT2D eigenvalue weighted by Gasteiger charge is 2.28. The Kier molecular flexibility index (Phi) is 4.42. The summed E-state index contributed by atoms with van der Waals surface area (Å²) in [7, 11) is 1.36. The number of anilines is 4. The van der Waals surface area contributed by atoms with E-state index in [-0.39, 0.29) is 6.04 Å². The van der Waals surface area contributed by atoms with Crippen molar-refractivity contribution >= 4 is 29.1 Å². The molecule has 7 nitrogen and oxygen atoms in total. The highest BCUT2D eigenvalue weighted by molar-refractivity contribution is 5.90. The standard InChI is InChI=1S/C20H19N5O2/c1-13-10-14-6-3-4-9-17(14)25(13)18-12-21-24-20(23-18)22-16-8-5-7-15(11-16)19(26)27-2/h3-9,11-13H,10H2,1-2H3,(H,22,23,24). The topological polar surface area (TPSA) is 80.2 Å². The smallest absolute Gasteiger partial charge is 0.337 e. The number of rotatable bonds is 4. The van der Waals surface area contributed by atoms with Gasteiger partial charge in [0.2, 0.25) is 5.95 Å². The molecule has 27 heavy (non-hydrogen) atoms. The molecule has 0 fully saturated rings. The first-order valence-corrected chi connectivity index (χ1v) is 8.68. The van der Waals surface area contributed by atoms with Crippen LogP contribution in [0.3, 0.4) is 0 Å². The van der Waals surface area contributed by atoms with Crippen molar-refractivity contribution in [1.29, 1.82) is 0 Å². The molecule has 0 saturated heterocycles. The fraction of sp³-hybridized carbons (Fsp3) is 0.200. The second-order valence-corrected chi connectivity index (χ2v) is 6.39. The Morgan fingerprint density at radius 1 is 1.22 bits per heavy atom. The van der Waals surface area contributed by atoms with Gasteiger partial charge in [0.1, 0.15) is 0 Å². The number of fused-ring (bicyclic) bond motifs is 1. The Bertz CT molecular complexity index is 991. The molecule has 0 amide bonds. The maximum Gasteiger partial charge on any atom is 0.337 e. The molecule has 1 atom stereocenters. The number of nitrogens with zero attached hydrogens (tertiary/aromatic N) is 4. The van der Waals surface area contributed by atoms with Gasteiger partial charge in [-0.3, -0.25) is 0 Å². The lowest BCUT2D eigenvalue weighted by molar-refractivity contribution is 0.0601. The Morgan fingerprint density at radius 2 is 2.07 bits per heavy atom. The van der Waals surface area contributed by atoms with Gasteiger partial charge in [0.15, 0.2) is 5.82 Å². The number of carbonyl (C=O) groups excluding carboxylic acids is 1. The molecule has 1 aliphatic heterocycles. The second-order valence-electron chi connectivity index (χ2n) is 6.39. The van der Waals surface area contributed by atoms with E-state index in [1.54, 1.807) is 24.4 Å². The molecular formula is C20H19N5O2. The van der Waals surface area contributed by atoms with Crippen molar-refractivity contribution in [2.24, 2.45) is 0 Å². The largest absolute Gasteiger partial charge is 0.465 e. The quantitative estimate of drug-likeness (QED) is 0.713. The van der Waals surface area contributed by atoms with Gasteiger partial charge in [0.05, 0.1) is 18.9 Å². The van der Waals surface area contributed by atoms with Crippen LogP contribution in [0.2, 0.25) is 0 Å². The summed E-state index contributed by atoms with van der Waals surface area (Å²) >= 11 is 0. The SMILES string of the molecule is COC(=O)c1cccc(Nc2nncc(N3c4ccccc4CC3C)n2)c1. The van der Waals surface area contributed by atoms with Crippen LogP contribution in [0.4, 0.5) is 23.1 Å². The zero-order chi connectivity index (χ0) is 18.8. The lowest BCUT2D eigenvalue weighted by Crippen LogP contribution is -2.25. The van der Waals surface area contributed by atoms with Gasteiger partial charge in [0, 0.05) is 17.4 Å². The van der Waals surface area contributed by atoms with Crippen LogP contribution in [-0.2, 0) is 11.2 Å². The van der Waals surface area contributed by atoms with Crippen molar-refractivity contribution in [3.8, 4) is 0 Å². The van der Waals surface area contributed by atoms with Crippen molar-refractivity contribution in [1.82, 2.24) is 15.2 Å². The third-order valence-corrected chi connectivity index (χ3v) is 4.54. The number of hydrogen-bond acceptors (Lipinski definition) is 7. The van der Waals surface area contributed by atoms with Gasteiger partial charge < -0.3 is 15.0 Å². The molecular weight excluding hydrogens is 342 g/mol. The summed E-state index contributed by atoms with van der Waals surface area (Å²) in [4.78, 5) is 18.5. The van der Waals surface area contributed by atoms with E-state index < -0.39 is 5.97 Å². The van der Waals surface area contributed by atoms with E-state index in [0.29, 0.717) is 17.2 Å². The van der Waals surface area contributed by atoms with Crippen LogP contribution in [0.15, 0.2) is 54.7 Å². The van der Waals surface area contributed by atoms with Crippen LogP contribution < -0.4 is 10.2 Å². The minimum Gasteiger partial charge on any atom is -0.465 e. The lowest BCUT2D eigenvalue weighted by atomic mass is 10.1. The second kappa shape index (κ2) is 7.03. The van der Waals surface area contributed by atoms with E-state index in [1.807, 2.05) is 12.1 Å². The van der Waals surface area contributed by atoms with Crippen LogP contribution in [-0.4, -0.2) is 34.3 Å². The fourth-order valence-corrected chi connectivity index (χ4v) is 3.35. The molecule has 4 rings (SSSR count). The third kappa shape index (κ3) is 3.31. The summed E-state index contributed by atoms with van der Waals surface area (Å²) in [5.41, 5.74) is 3.58. The maximum atomic E-state index is 11.7. The van der Waals surface area contributed by atoms with E-state index in [4.69, 9.17) is 4.74 Å². The molecule has 1 N–H and O–H groups in total. The highest BCUT2D eigenvalue weighted by atomic mass is 16.5. The number of hydrogen-bond donors (Lipinski definition) is 1. The van der Waals surface area contributed by atoms with Crippen molar-refractivity contribution in [2.75, 3.05) is 17.3 Å². The Hall–Kier alpha value is -3.48. The van der Waals surface area contributed by atoms with Crippen molar-refractivity contribution in [3.05, 3.63) is 65.9 Å². The third-order valence-electron chi connectivity index (χ3n) is 4.54. The normalized spacial score (nSPS) is 15.3. The summed E-state index contributed by atoms with van der Waals surface area (Å²) < 4.78 is 4.76. The molecule has 2 heterocycles. The Morgan fingerprint density at radius 3 is 2.93 bits per heavy atom. The van der Waals surface area contributed by atoms with E-state index in [0.717, 1.165) is 17.9 Å². The molecule has 0 aliphatic carbocycles. The van der Waals surface area contributed by atoms with Gasteiger partial charge >= 0.3 is 5.97 Å². The number of methoxy groups -OCH3 is 1. The number of carbonyl (C=O) groups is 1. The number of ether oxygens (including phenoxy) is 1. The van der Waals surface area contributed by atoms with E-state index in [1.165, 1.54) is 12.7 Å². The molecule has 0 bridgehead atoms. The van der Waals surface area contributed by atoms with Gasteiger partial charge in [-0.15, -0.1) is 5.10 Å². The van der Waals surface area contributed by atoms with Gasteiger partial charge in [0.25, 0.3) is 0 Å². The van der Waals surface area contributed by atoms with Crippen molar-refractivity contribution < 1.29 is 9.53 Å². The summed E-state index contributed by atoms with van der Waals surface area (Å²) in [6, 6.07) is 15.6. The van der Waals surface area contributed by atoms with E-state index >= 15 is 0 Å². The molecule has 136 valence electrons. The number of nitrogens with one attached hydrogen (secondary N) is 1. The molecule has 0 spiro atoms. The summed E-state index contributed by atoms with van der Waals surface area (Å²) in [6.45, 7) is 2.16. The van der Waals surface area contributed by atoms with E-state index in [2.05, 4.69) is 50.5 Å². The predicted molar refractivity (Wildman–Crippen MR) is 103 cm³/mol. The molecule has 1 aromatic heterocycles. The fourth-order valence-electron chi connectivity index (χ4n) is 3.35. The number of esters is 1. The first-order chi connectivity index (χ1) is 13.2. The molecule has 2 aromatic carbocycles.